The fourth-order valence-electron chi connectivity index (χ4n) is 1.36. The third-order valence-electron chi connectivity index (χ3n) is 2.49. The van der Waals surface area contributed by atoms with Crippen LogP contribution < -0.4 is 0 Å². The van der Waals surface area contributed by atoms with Gasteiger partial charge in [-0.15, -0.1) is 0 Å². The van der Waals surface area contributed by atoms with Crippen LogP contribution in [0.1, 0.15) is 39.5 Å². The molecule has 0 aromatic carbocycles. The zero-order valence-corrected chi connectivity index (χ0v) is 10.3. The number of hydrogen-bond acceptors (Lipinski definition) is 2. The molecular formula is C10H22O2Si. The van der Waals surface area contributed by atoms with Gasteiger partial charge < -0.3 is 8.85 Å². The molecule has 2 saturated carbocycles. The van der Waals surface area contributed by atoms with Gasteiger partial charge in [0.1, 0.15) is 0 Å². The van der Waals surface area contributed by atoms with Crippen molar-refractivity contribution < 1.29 is 8.85 Å². The first-order valence-electron chi connectivity index (χ1n) is 5.54. The second-order valence-electron chi connectivity index (χ2n) is 3.78. The van der Waals surface area contributed by atoms with Gasteiger partial charge in [0.25, 0.3) is 0 Å². The summed E-state index contributed by atoms with van der Waals surface area (Å²) in [6.07, 6.45) is 6.24. The van der Waals surface area contributed by atoms with Gasteiger partial charge in [-0.3, -0.25) is 0 Å². The van der Waals surface area contributed by atoms with Gasteiger partial charge in [-0.1, -0.05) is 0 Å². The van der Waals surface area contributed by atoms with E-state index in [0.29, 0.717) is 0 Å². The Morgan fingerprint density at radius 3 is 1.54 bits per heavy atom. The highest BCUT2D eigenvalue weighted by atomic mass is 28.3. The van der Waals surface area contributed by atoms with Gasteiger partial charge in [0.15, 0.2) is 0 Å². The molecule has 3 heteroatoms. The average molecular weight is 202 g/mol. The maximum Gasteiger partial charge on any atom is 0.304 e. The van der Waals surface area contributed by atoms with E-state index in [0.717, 1.165) is 13.2 Å². The molecule has 78 valence electrons. The zero-order valence-electron chi connectivity index (χ0n) is 8.92. The molecular weight excluding hydrogens is 180 g/mol. The SMILES string of the molecule is C1CC1C1CC1.CCO[SiH2]OCC. The van der Waals surface area contributed by atoms with Crippen molar-refractivity contribution in [2.24, 2.45) is 11.8 Å². The van der Waals surface area contributed by atoms with Crippen LogP contribution in [0.2, 0.25) is 0 Å². The van der Waals surface area contributed by atoms with E-state index >= 15 is 0 Å². The Hall–Kier alpha value is 0.137. The van der Waals surface area contributed by atoms with Crippen molar-refractivity contribution >= 4 is 10.0 Å². The van der Waals surface area contributed by atoms with Crippen LogP contribution in [-0.2, 0) is 8.85 Å². The lowest BCUT2D eigenvalue weighted by atomic mass is 10.3. The molecule has 2 rings (SSSR count). The summed E-state index contributed by atoms with van der Waals surface area (Å²) in [6, 6.07) is 0. The summed E-state index contributed by atoms with van der Waals surface area (Å²) in [7, 11) is -0.589. The van der Waals surface area contributed by atoms with Crippen LogP contribution in [0.15, 0.2) is 0 Å². The predicted octanol–water partition coefficient (Wildman–Crippen LogP) is 1.86. The lowest BCUT2D eigenvalue weighted by Crippen LogP contribution is -2.02. The molecule has 2 aliphatic rings. The van der Waals surface area contributed by atoms with Crippen LogP contribution in [-0.4, -0.2) is 23.2 Å². The normalized spacial score (nSPS) is 20.8. The van der Waals surface area contributed by atoms with E-state index < -0.39 is 10.0 Å². The Kier molecular flexibility index (Phi) is 5.67. The second-order valence-corrected chi connectivity index (χ2v) is 4.83. The summed E-state index contributed by atoms with van der Waals surface area (Å²) < 4.78 is 9.98. The van der Waals surface area contributed by atoms with E-state index in [1.165, 1.54) is 11.8 Å². The van der Waals surface area contributed by atoms with Gasteiger partial charge in [0.2, 0.25) is 0 Å². The average Bonchev–Trinajstić information content (AvgIpc) is 2.96. The van der Waals surface area contributed by atoms with Crippen LogP contribution in [0.3, 0.4) is 0 Å². The highest BCUT2D eigenvalue weighted by Crippen LogP contribution is 2.49. The van der Waals surface area contributed by atoms with Gasteiger partial charge >= 0.3 is 10.0 Å². The first kappa shape index (κ1) is 11.2. The van der Waals surface area contributed by atoms with Crippen LogP contribution in [0.25, 0.3) is 0 Å². The minimum Gasteiger partial charge on any atom is -0.399 e. The van der Waals surface area contributed by atoms with Gasteiger partial charge in [-0.05, 0) is 51.4 Å². The Morgan fingerprint density at radius 1 is 0.923 bits per heavy atom. The standard InChI is InChI=1S/C6H10.C4H12O2Si/c1-2-5(1)6-3-4-6;1-3-5-7-6-4-2/h5-6H,1-4H2;3-4,7H2,1-2H3. The van der Waals surface area contributed by atoms with Crippen molar-refractivity contribution in [1.29, 1.82) is 0 Å². The third-order valence-corrected chi connectivity index (χ3v) is 3.64. The minimum absolute atomic E-state index is 0.589. The largest absolute Gasteiger partial charge is 0.399 e. The lowest BCUT2D eigenvalue weighted by molar-refractivity contribution is 0.240. The van der Waals surface area contributed by atoms with Crippen LogP contribution >= 0.6 is 0 Å². The fraction of sp³-hybridized carbons (Fsp3) is 1.00. The molecule has 0 atom stereocenters. The highest BCUT2D eigenvalue weighted by Gasteiger charge is 2.37. The fourth-order valence-corrected chi connectivity index (χ4v) is 1.81. The van der Waals surface area contributed by atoms with E-state index in [-0.39, 0.29) is 0 Å². The van der Waals surface area contributed by atoms with E-state index in [1.807, 2.05) is 13.8 Å². The molecule has 0 aliphatic heterocycles. The Balaban J connectivity index is 0.000000130. The van der Waals surface area contributed by atoms with Crippen LogP contribution in [0.4, 0.5) is 0 Å². The van der Waals surface area contributed by atoms with Crippen LogP contribution in [0, 0.1) is 11.8 Å². The summed E-state index contributed by atoms with van der Waals surface area (Å²) in [5.74, 6) is 2.43. The molecule has 0 radical (unpaired) electrons. The molecule has 0 unspecified atom stereocenters. The maximum atomic E-state index is 4.99. The van der Waals surface area contributed by atoms with Gasteiger partial charge in [-0.2, -0.15) is 0 Å². The van der Waals surface area contributed by atoms with Crippen molar-refractivity contribution in [3.05, 3.63) is 0 Å². The molecule has 0 amide bonds. The molecule has 0 aromatic heterocycles. The maximum absolute atomic E-state index is 4.99. The van der Waals surface area contributed by atoms with E-state index in [9.17, 15) is 0 Å². The molecule has 2 aliphatic carbocycles. The summed E-state index contributed by atoms with van der Waals surface area (Å²) in [5.41, 5.74) is 0. The van der Waals surface area contributed by atoms with Crippen molar-refractivity contribution in [2.75, 3.05) is 13.2 Å². The van der Waals surface area contributed by atoms with Gasteiger partial charge in [-0.25, -0.2) is 0 Å². The van der Waals surface area contributed by atoms with Crippen LogP contribution in [0.5, 0.6) is 0 Å². The van der Waals surface area contributed by atoms with Gasteiger partial charge in [0, 0.05) is 13.2 Å². The summed E-state index contributed by atoms with van der Waals surface area (Å²) in [5, 5.41) is 0. The Morgan fingerprint density at radius 2 is 1.31 bits per heavy atom. The quantitative estimate of drug-likeness (QED) is 0.500. The van der Waals surface area contributed by atoms with Crippen molar-refractivity contribution in [3.63, 3.8) is 0 Å². The first-order valence-corrected chi connectivity index (χ1v) is 6.69. The first-order chi connectivity index (χ1) is 6.38. The third kappa shape index (κ3) is 6.24. The summed E-state index contributed by atoms with van der Waals surface area (Å²) >= 11 is 0. The number of hydrogen-bond donors (Lipinski definition) is 0. The second kappa shape index (κ2) is 6.57. The molecule has 0 heterocycles. The predicted molar refractivity (Wildman–Crippen MR) is 57.2 cm³/mol. The minimum atomic E-state index is -0.589. The van der Waals surface area contributed by atoms with Crippen molar-refractivity contribution in [1.82, 2.24) is 0 Å². The number of rotatable bonds is 5. The van der Waals surface area contributed by atoms with E-state index in [2.05, 4.69) is 0 Å². The molecule has 0 spiro atoms. The molecule has 0 bridgehead atoms. The summed E-state index contributed by atoms with van der Waals surface area (Å²) in [6.45, 7) is 5.55. The molecule has 0 saturated heterocycles. The Bertz CT molecular complexity index is 108. The zero-order chi connectivity index (χ0) is 9.52. The molecule has 0 N–H and O–H groups in total. The lowest BCUT2D eigenvalue weighted by Gasteiger charge is -1.96. The monoisotopic (exact) mass is 202 g/mol. The van der Waals surface area contributed by atoms with Crippen molar-refractivity contribution in [2.45, 2.75) is 39.5 Å². The van der Waals surface area contributed by atoms with Crippen molar-refractivity contribution in [3.8, 4) is 0 Å². The highest BCUT2D eigenvalue weighted by molar-refractivity contribution is 6.17. The summed E-state index contributed by atoms with van der Waals surface area (Å²) in [4.78, 5) is 0. The Labute approximate surface area is 84.1 Å². The van der Waals surface area contributed by atoms with E-state index in [4.69, 9.17) is 8.85 Å². The molecule has 0 aromatic rings. The topological polar surface area (TPSA) is 18.5 Å². The smallest absolute Gasteiger partial charge is 0.304 e. The molecule has 13 heavy (non-hydrogen) atoms. The van der Waals surface area contributed by atoms with E-state index in [1.54, 1.807) is 25.7 Å². The van der Waals surface area contributed by atoms with Gasteiger partial charge in [0.05, 0.1) is 0 Å². The molecule has 2 nitrogen and oxygen atoms in total. The molecule has 2 fully saturated rings.